The van der Waals surface area contributed by atoms with Crippen molar-refractivity contribution >= 4 is 63.5 Å². The number of nitrogens with one attached hydrogen (secondary N) is 1. The Kier molecular flexibility index (Phi) is 6.92. The van der Waals surface area contributed by atoms with Crippen LogP contribution in [0.1, 0.15) is 10.4 Å². The first-order valence-corrected chi connectivity index (χ1v) is 11.5. The highest BCUT2D eigenvalue weighted by Crippen LogP contribution is 2.45. The Morgan fingerprint density at radius 3 is 2.67 bits per heavy atom. The molecular weight excluding hydrogens is 486 g/mol. The van der Waals surface area contributed by atoms with Gasteiger partial charge in [-0.3, -0.25) is 4.79 Å². The second-order valence-corrected chi connectivity index (χ2v) is 8.96. The maximum Gasteiger partial charge on any atom is 0.251 e. The molecule has 3 aromatic heterocycles. The lowest BCUT2D eigenvalue weighted by molar-refractivity contribution is 0.0952. The number of nitrogens with zero attached hydrogens (tertiary/aromatic N) is 5. The van der Waals surface area contributed by atoms with Crippen molar-refractivity contribution in [2.24, 2.45) is 4.99 Å². The van der Waals surface area contributed by atoms with Crippen molar-refractivity contribution in [1.29, 1.82) is 0 Å². The van der Waals surface area contributed by atoms with Crippen LogP contribution in [0.15, 0.2) is 47.0 Å². The number of aliphatic imine (C=N–C) groups is 1. The Bertz CT molecular complexity index is 1330. The van der Waals surface area contributed by atoms with Crippen LogP contribution in [0.4, 0.5) is 10.1 Å². The van der Waals surface area contributed by atoms with E-state index in [1.165, 1.54) is 41.9 Å². The van der Waals surface area contributed by atoms with Crippen LogP contribution in [-0.2, 0) is 6.54 Å². The summed E-state index contributed by atoms with van der Waals surface area (Å²) in [6, 6.07) is 7.18. The molecule has 170 valence electrons. The highest BCUT2D eigenvalue weighted by Gasteiger charge is 2.24. The summed E-state index contributed by atoms with van der Waals surface area (Å²) in [5.41, 5.74) is 2.89. The van der Waals surface area contributed by atoms with E-state index in [2.05, 4.69) is 20.3 Å². The van der Waals surface area contributed by atoms with Crippen molar-refractivity contribution in [1.82, 2.24) is 24.8 Å². The zero-order chi connectivity index (χ0) is 23.5. The molecule has 11 heteroatoms. The molecule has 0 bridgehead atoms. The monoisotopic (exact) mass is 504 g/mol. The van der Waals surface area contributed by atoms with E-state index in [1.54, 1.807) is 6.34 Å². The third kappa shape index (κ3) is 4.85. The number of halogens is 3. The summed E-state index contributed by atoms with van der Waals surface area (Å²) in [6.07, 6.45) is 3.07. The lowest BCUT2D eigenvalue weighted by Gasteiger charge is -2.12. The molecule has 33 heavy (non-hydrogen) atoms. The SMILES string of the molecule is CN(C)/C=N/c1c(-c2sccc2Cl)n(CCNC(=O)c2ccc(F)cc2)c2c(Cl)ncnc12. The van der Waals surface area contributed by atoms with Gasteiger partial charge in [0.2, 0.25) is 0 Å². The molecule has 1 aromatic carbocycles. The zero-order valence-corrected chi connectivity index (χ0v) is 20.0. The van der Waals surface area contributed by atoms with Crippen molar-refractivity contribution < 1.29 is 9.18 Å². The largest absolute Gasteiger partial charge is 0.369 e. The summed E-state index contributed by atoms with van der Waals surface area (Å²) >= 11 is 14.4. The number of carbonyl (C=O) groups is 1. The van der Waals surface area contributed by atoms with E-state index in [1.807, 2.05) is 35.0 Å². The Labute approximate surface area is 203 Å². The van der Waals surface area contributed by atoms with Crippen LogP contribution in [0.2, 0.25) is 10.2 Å². The predicted octanol–water partition coefficient (Wildman–Crippen LogP) is 5.26. The molecule has 0 aliphatic carbocycles. The molecule has 0 atom stereocenters. The van der Waals surface area contributed by atoms with E-state index in [-0.39, 0.29) is 17.6 Å². The summed E-state index contributed by atoms with van der Waals surface area (Å²) in [5, 5.41) is 5.59. The highest BCUT2D eigenvalue weighted by molar-refractivity contribution is 7.14. The Hall–Kier alpha value is -3.01. The minimum absolute atomic E-state index is 0.269. The van der Waals surface area contributed by atoms with Gasteiger partial charge in [-0.05, 0) is 35.7 Å². The van der Waals surface area contributed by atoms with Gasteiger partial charge in [0, 0.05) is 32.7 Å². The highest BCUT2D eigenvalue weighted by atomic mass is 35.5. The fraction of sp³-hybridized carbons (Fsp3) is 0.182. The summed E-state index contributed by atoms with van der Waals surface area (Å²) in [7, 11) is 3.74. The minimum Gasteiger partial charge on any atom is -0.369 e. The zero-order valence-electron chi connectivity index (χ0n) is 17.7. The first-order chi connectivity index (χ1) is 15.9. The molecule has 0 fully saturated rings. The molecule has 0 unspecified atom stereocenters. The average Bonchev–Trinajstić information content (AvgIpc) is 3.33. The molecule has 0 aliphatic rings. The summed E-state index contributed by atoms with van der Waals surface area (Å²) in [6.45, 7) is 0.635. The maximum absolute atomic E-state index is 13.2. The molecule has 0 spiro atoms. The molecule has 0 saturated carbocycles. The molecule has 1 N–H and O–H groups in total. The van der Waals surface area contributed by atoms with E-state index in [0.717, 1.165) is 10.6 Å². The second kappa shape index (κ2) is 9.86. The summed E-state index contributed by atoms with van der Waals surface area (Å²) in [4.78, 5) is 28.3. The van der Waals surface area contributed by atoms with Gasteiger partial charge in [0.25, 0.3) is 5.91 Å². The normalized spacial score (nSPS) is 11.4. The molecule has 3 heterocycles. The maximum atomic E-state index is 13.2. The molecule has 7 nitrogen and oxygen atoms in total. The van der Waals surface area contributed by atoms with Gasteiger partial charge in [-0.15, -0.1) is 11.3 Å². The standard InChI is InChI=1S/C22H19Cl2FN6OS/c1-30(2)12-29-16-17-19(21(24)28-11-27-17)31(18(16)20-15(23)7-10-33-20)9-8-26-22(32)13-3-5-14(25)6-4-13/h3-7,10-12H,8-9H2,1-2H3,(H,26,32)/b29-12+. The number of rotatable bonds is 7. The number of amides is 1. The van der Waals surface area contributed by atoms with Crippen molar-refractivity contribution in [3.05, 3.63) is 63.6 Å². The van der Waals surface area contributed by atoms with Gasteiger partial charge < -0.3 is 14.8 Å². The topological polar surface area (TPSA) is 75.4 Å². The van der Waals surface area contributed by atoms with Crippen LogP contribution in [0.5, 0.6) is 0 Å². The second-order valence-electron chi connectivity index (χ2n) is 7.28. The molecular formula is C22H19Cl2FN6OS. The lowest BCUT2D eigenvalue weighted by Crippen LogP contribution is -2.27. The quantitative estimate of drug-likeness (QED) is 0.211. The Morgan fingerprint density at radius 2 is 2.00 bits per heavy atom. The van der Waals surface area contributed by atoms with Crippen LogP contribution in [0.25, 0.3) is 21.6 Å². The van der Waals surface area contributed by atoms with E-state index < -0.39 is 5.82 Å². The average molecular weight is 505 g/mol. The number of aromatic nitrogens is 3. The van der Waals surface area contributed by atoms with Gasteiger partial charge in [-0.2, -0.15) is 0 Å². The number of thiophene rings is 1. The third-order valence-corrected chi connectivity index (χ3v) is 6.37. The van der Waals surface area contributed by atoms with Crippen LogP contribution >= 0.6 is 34.5 Å². The van der Waals surface area contributed by atoms with Crippen LogP contribution in [-0.4, -0.2) is 52.3 Å². The first kappa shape index (κ1) is 23.2. The molecule has 4 rings (SSSR count). The van der Waals surface area contributed by atoms with E-state index in [0.29, 0.717) is 33.9 Å². The molecule has 1 amide bonds. The third-order valence-electron chi connectivity index (χ3n) is 4.74. The van der Waals surface area contributed by atoms with Crippen molar-refractivity contribution in [3.8, 4) is 10.6 Å². The number of benzene rings is 1. The molecule has 0 saturated heterocycles. The number of carbonyl (C=O) groups excluding carboxylic acids is 1. The van der Waals surface area contributed by atoms with Crippen molar-refractivity contribution in [2.45, 2.75) is 6.54 Å². The smallest absolute Gasteiger partial charge is 0.251 e. The fourth-order valence-corrected chi connectivity index (χ4v) is 4.75. The van der Waals surface area contributed by atoms with Gasteiger partial charge in [0.1, 0.15) is 28.9 Å². The first-order valence-electron chi connectivity index (χ1n) is 9.87. The minimum atomic E-state index is -0.400. The van der Waals surface area contributed by atoms with Gasteiger partial charge in [0.15, 0.2) is 5.15 Å². The molecule has 0 aliphatic heterocycles. The van der Waals surface area contributed by atoms with Crippen molar-refractivity contribution in [2.75, 3.05) is 20.6 Å². The Morgan fingerprint density at radius 1 is 1.24 bits per heavy atom. The predicted molar refractivity (Wildman–Crippen MR) is 131 cm³/mol. The summed E-state index contributed by atoms with van der Waals surface area (Å²) < 4.78 is 15.1. The van der Waals surface area contributed by atoms with Gasteiger partial charge in [-0.25, -0.2) is 19.4 Å². The van der Waals surface area contributed by atoms with E-state index in [9.17, 15) is 9.18 Å². The number of hydrogen-bond acceptors (Lipinski definition) is 5. The summed E-state index contributed by atoms with van der Waals surface area (Å²) in [5.74, 6) is -0.710. The van der Waals surface area contributed by atoms with Crippen LogP contribution in [0.3, 0.4) is 0 Å². The molecule has 4 aromatic rings. The van der Waals surface area contributed by atoms with Crippen molar-refractivity contribution in [3.63, 3.8) is 0 Å². The lowest BCUT2D eigenvalue weighted by atomic mass is 10.2. The van der Waals surface area contributed by atoms with Gasteiger partial charge in [0.05, 0.1) is 21.9 Å². The number of fused-ring (bicyclic) bond motifs is 1. The fourth-order valence-electron chi connectivity index (χ4n) is 3.32. The molecule has 0 radical (unpaired) electrons. The van der Waals surface area contributed by atoms with Crippen LogP contribution < -0.4 is 5.32 Å². The Balaban J connectivity index is 1.75. The number of hydrogen-bond donors (Lipinski definition) is 1. The van der Waals surface area contributed by atoms with E-state index in [4.69, 9.17) is 23.2 Å². The van der Waals surface area contributed by atoms with Gasteiger partial charge in [-0.1, -0.05) is 23.2 Å². The van der Waals surface area contributed by atoms with Crippen LogP contribution in [0, 0.1) is 5.82 Å². The van der Waals surface area contributed by atoms with E-state index >= 15 is 0 Å². The van der Waals surface area contributed by atoms with Gasteiger partial charge >= 0.3 is 0 Å².